The van der Waals surface area contributed by atoms with Crippen LogP contribution in [-0.4, -0.2) is 33.6 Å². The molecule has 0 amide bonds. The lowest BCUT2D eigenvalue weighted by atomic mass is 10.1. The highest BCUT2D eigenvalue weighted by molar-refractivity contribution is 14.0. The SMILES string of the molecule is CCNC(=NCCCc1nnc2ccccn12)NC(C)c1ccc(F)c(F)c1.I. The summed E-state index contributed by atoms with van der Waals surface area (Å²) >= 11 is 0. The Labute approximate surface area is 185 Å². The number of hydrogen-bond acceptors (Lipinski definition) is 3. The normalized spacial score (nSPS) is 12.5. The quantitative estimate of drug-likeness (QED) is 0.218. The summed E-state index contributed by atoms with van der Waals surface area (Å²) in [6.45, 7) is 5.15. The van der Waals surface area contributed by atoms with Gasteiger partial charge in [-0.05, 0) is 50.1 Å². The Hall–Kier alpha value is -2.30. The van der Waals surface area contributed by atoms with Crippen LogP contribution in [0.4, 0.5) is 8.78 Å². The molecule has 9 heteroatoms. The van der Waals surface area contributed by atoms with Crippen molar-refractivity contribution in [1.82, 2.24) is 25.2 Å². The summed E-state index contributed by atoms with van der Waals surface area (Å²) in [5.41, 5.74) is 1.48. The molecular formula is C20H25F2IN6. The molecule has 0 aliphatic heterocycles. The van der Waals surface area contributed by atoms with Crippen LogP contribution in [0.15, 0.2) is 47.6 Å². The van der Waals surface area contributed by atoms with Gasteiger partial charge in [-0.2, -0.15) is 0 Å². The van der Waals surface area contributed by atoms with E-state index in [-0.39, 0.29) is 30.0 Å². The number of aromatic nitrogens is 3. The number of nitrogens with one attached hydrogen (secondary N) is 2. The summed E-state index contributed by atoms with van der Waals surface area (Å²) < 4.78 is 28.6. The lowest BCUT2D eigenvalue weighted by molar-refractivity contribution is 0.504. The van der Waals surface area contributed by atoms with Gasteiger partial charge in [-0.1, -0.05) is 12.1 Å². The Bertz CT molecular complexity index is 959. The van der Waals surface area contributed by atoms with Gasteiger partial charge in [0, 0.05) is 25.7 Å². The smallest absolute Gasteiger partial charge is 0.191 e. The van der Waals surface area contributed by atoms with Gasteiger partial charge < -0.3 is 10.6 Å². The number of benzene rings is 1. The van der Waals surface area contributed by atoms with E-state index >= 15 is 0 Å². The highest BCUT2D eigenvalue weighted by Crippen LogP contribution is 2.15. The fourth-order valence-electron chi connectivity index (χ4n) is 2.88. The van der Waals surface area contributed by atoms with Crippen molar-refractivity contribution in [2.75, 3.05) is 13.1 Å². The third-order valence-electron chi connectivity index (χ3n) is 4.35. The molecule has 29 heavy (non-hydrogen) atoms. The Morgan fingerprint density at radius 2 is 2.00 bits per heavy atom. The molecule has 0 saturated heterocycles. The molecule has 2 heterocycles. The minimum atomic E-state index is -0.853. The lowest BCUT2D eigenvalue weighted by Crippen LogP contribution is -2.38. The van der Waals surface area contributed by atoms with Gasteiger partial charge in [0.15, 0.2) is 23.2 Å². The van der Waals surface area contributed by atoms with Gasteiger partial charge >= 0.3 is 0 Å². The molecule has 1 unspecified atom stereocenters. The van der Waals surface area contributed by atoms with Crippen LogP contribution in [0.3, 0.4) is 0 Å². The van der Waals surface area contributed by atoms with Crippen LogP contribution in [0.1, 0.15) is 37.7 Å². The molecule has 0 aliphatic carbocycles. The van der Waals surface area contributed by atoms with E-state index in [0.29, 0.717) is 24.6 Å². The van der Waals surface area contributed by atoms with Gasteiger partial charge in [0.05, 0.1) is 6.04 Å². The molecule has 1 aromatic carbocycles. The second-order valence-electron chi connectivity index (χ2n) is 6.45. The van der Waals surface area contributed by atoms with Gasteiger partial charge in [0.1, 0.15) is 5.82 Å². The topological polar surface area (TPSA) is 66.6 Å². The van der Waals surface area contributed by atoms with Gasteiger partial charge in [-0.3, -0.25) is 9.39 Å². The number of rotatable bonds is 7. The molecule has 0 saturated carbocycles. The highest BCUT2D eigenvalue weighted by Gasteiger charge is 2.11. The predicted octanol–water partition coefficient (Wildman–Crippen LogP) is 3.87. The number of guanidine groups is 1. The van der Waals surface area contributed by atoms with Crippen molar-refractivity contribution in [1.29, 1.82) is 0 Å². The van der Waals surface area contributed by atoms with Crippen molar-refractivity contribution in [2.45, 2.75) is 32.7 Å². The van der Waals surface area contributed by atoms with E-state index < -0.39 is 11.6 Å². The van der Waals surface area contributed by atoms with Gasteiger partial charge in [-0.25, -0.2) is 8.78 Å². The first-order chi connectivity index (χ1) is 13.6. The number of nitrogens with zero attached hydrogens (tertiary/aromatic N) is 4. The zero-order valence-electron chi connectivity index (χ0n) is 16.4. The summed E-state index contributed by atoms with van der Waals surface area (Å²) in [5.74, 6) is -0.170. The summed E-state index contributed by atoms with van der Waals surface area (Å²) in [6, 6.07) is 9.49. The standard InChI is InChI=1S/C20H24F2N6.HI/c1-3-23-20(25-14(2)15-9-10-16(21)17(22)13-15)24-11-6-8-19-27-26-18-7-4-5-12-28(18)19;/h4-5,7,9-10,12-14H,3,6,8,11H2,1-2H3,(H2,23,24,25);1H. The van der Waals surface area contributed by atoms with Crippen LogP contribution in [0, 0.1) is 11.6 Å². The molecule has 0 radical (unpaired) electrons. The van der Waals surface area contributed by atoms with E-state index in [9.17, 15) is 8.78 Å². The summed E-state index contributed by atoms with van der Waals surface area (Å²) in [6.07, 6.45) is 3.52. The monoisotopic (exact) mass is 514 g/mol. The number of pyridine rings is 1. The molecule has 6 nitrogen and oxygen atoms in total. The van der Waals surface area contributed by atoms with Crippen LogP contribution in [0.25, 0.3) is 5.65 Å². The molecule has 2 aromatic heterocycles. The van der Waals surface area contributed by atoms with Crippen LogP contribution in [-0.2, 0) is 6.42 Å². The summed E-state index contributed by atoms with van der Waals surface area (Å²) in [7, 11) is 0. The second kappa shape index (κ2) is 11.0. The van der Waals surface area contributed by atoms with Gasteiger partial charge in [0.25, 0.3) is 0 Å². The lowest BCUT2D eigenvalue weighted by Gasteiger charge is -2.18. The molecule has 2 N–H and O–H groups in total. The Morgan fingerprint density at radius 1 is 1.17 bits per heavy atom. The Kier molecular flexibility index (Phi) is 8.74. The van der Waals surface area contributed by atoms with E-state index in [1.165, 1.54) is 6.07 Å². The first kappa shape index (κ1) is 23.0. The molecule has 0 fully saturated rings. The average molecular weight is 514 g/mol. The van der Waals surface area contributed by atoms with Crippen molar-refractivity contribution < 1.29 is 8.78 Å². The largest absolute Gasteiger partial charge is 0.357 e. The van der Waals surface area contributed by atoms with Crippen LogP contribution in [0.2, 0.25) is 0 Å². The van der Waals surface area contributed by atoms with Crippen molar-refractivity contribution in [3.8, 4) is 0 Å². The predicted molar refractivity (Wildman–Crippen MR) is 121 cm³/mol. The van der Waals surface area contributed by atoms with Crippen molar-refractivity contribution in [3.63, 3.8) is 0 Å². The third-order valence-corrected chi connectivity index (χ3v) is 4.35. The number of aryl methyl sites for hydroxylation is 1. The van der Waals surface area contributed by atoms with E-state index in [1.807, 2.05) is 42.6 Å². The van der Waals surface area contributed by atoms with Crippen molar-refractivity contribution in [2.24, 2.45) is 4.99 Å². The maximum atomic E-state index is 13.5. The molecule has 156 valence electrons. The maximum Gasteiger partial charge on any atom is 0.191 e. The minimum Gasteiger partial charge on any atom is -0.357 e. The number of aliphatic imine (C=N–C) groups is 1. The van der Waals surface area contributed by atoms with Crippen molar-refractivity contribution in [3.05, 3.63) is 65.6 Å². The van der Waals surface area contributed by atoms with Crippen LogP contribution >= 0.6 is 24.0 Å². The molecular weight excluding hydrogens is 489 g/mol. The first-order valence-corrected chi connectivity index (χ1v) is 9.37. The number of hydrogen-bond donors (Lipinski definition) is 2. The Morgan fingerprint density at radius 3 is 2.76 bits per heavy atom. The first-order valence-electron chi connectivity index (χ1n) is 9.37. The van der Waals surface area contributed by atoms with Crippen LogP contribution < -0.4 is 10.6 Å². The van der Waals surface area contributed by atoms with Gasteiger partial charge in [0.2, 0.25) is 0 Å². The molecule has 3 rings (SSSR count). The van der Waals surface area contributed by atoms with E-state index in [1.54, 1.807) is 6.07 Å². The summed E-state index contributed by atoms with van der Waals surface area (Å²) in [4.78, 5) is 4.57. The molecule has 0 spiro atoms. The second-order valence-corrected chi connectivity index (χ2v) is 6.45. The Balaban J connectivity index is 0.00000300. The molecule has 1 atom stereocenters. The minimum absolute atomic E-state index is 0. The zero-order chi connectivity index (χ0) is 19.9. The number of halogens is 3. The highest BCUT2D eigenvalue weighted by atomic mass is 127. The van der Waals surface area contributed by atoms with Gasteiger partial charge in [-0.15, -0.1) is 34.2 Å². The molecule has 0 aliphatic rings. The zero-order valence-corrected chi connectivity index (χ0v) is 18.7. The van der Waals surface area contributed by atoms with E-state index in [4.69, 9.17) is 0 Å². The third kappa shape index (κ3) is 6.09. The maximum absolute atomic E-state index is 13.5. The summed E-state index contributed by atoms with van der Waals surface area (Å²) in [5, 5.41) is 14.8. The fourth-order valence-corrected chi connectivity index (χ4v) is 2.88. The molecule has 3 aromatic rings. The number of fused-ring (bicyclic) bond motifs is 1. The van der Waals surface area contributed by atoms with Crippen molar-refractivity contribution >= 4 is 35.6 Å². The van der Waals surface area contributed by atoms with E-state index in [2.05, 4.69) is 25.8 Å². The molecule has 0 bridgehead atoms. The fraction of sp³-hybridized carbons (Fsp3) is 0.350. The average Bonchev–Trinajstić information content (AvgIpc) is 3.10. The van der Waals surface area contributed by atoms with Crippen LogP contribution in [0.5, 0.6) is 0 Å². The van der Waals surface area contributed by atoms with E-state index in [0.717, 1.165) is 30.4 Å².